The number of nitrogens with zero attached hydrogens (tertiary/aromatic N) is 2. The summed E-state index contributed by atoms with van der Waals surface area (Å²) in [6.07, 6.45) is 10.9. The Morgan fingerprint density at radius 1 is 1.13 bits per heavy atom. The highest BCUT2D eigenvalue weighted by atomic mass is 15.4. The Hall–Kier alpha value is -0.410. The van der Waals surface area contributed by atoms with Crippen molar-refractivity contribution in [3.8, 4) is 0 Å². The maximum atomic E-state index is 4.54. The molecule has 1 saturated heterocycles. The molecule has 2 aliphatic heterocycles. The van der Waals surface area contributed by atoms with E-state index in [9.17, 15) is 0 Å². The summed E-state index contributed by atoms with van der Waals surface area (Å²) < 4.78 is 0. The molecule has 1 saturated carbocycles. The topological polar surface area (TPSA) is 27.6 Å². The van der Waals surface area contributed by atoms with Gasteiger partial charge in [-0.1, -0.05) is 12.8 Å². The summed E-state index contributed by atoms with van der Waals surface area (Å²) >= 11 is 0. The molecule has 2 heterocycles. The number of piperidine rings is 1. The van der Waals surface area contributed by atoms with Gasteiger partial charge in [-0.3, -0.25) is 15.2 Å². The predicted molar refractivity (Wildman–Crippen MR) is 62.0 cm³/mol. The van der Waals surface area contributed by atoms with Gasteiger partial charge in [0.15, 0.2) is 6.29 Å². The Bertz CT molecular complexity index is 249. The molecule has 3 aliphatic rings. The molecule has 3 rings (SSSR count). The molecule has 3 nitrogen and oxygen atoms in total. The Morgan fingerprint density at radius 2 is 2.00 bits per heavy atom. The number of hydrogen-bond acceptors (Lipinski definition) is 3. The Labute approximate surface area is 91.9 Å². The third-order valence-corrected chi connectivity index (χ3v) is 4.24. The molecule has 3 unspecified atom stereocenters. The molecule has 84 valence electrons. The van der Waals surface area contributed by atoms with Gasteiger partial charge < -0.3 is 0 Å². The van der Waals surface area contributed by atoms with E-state index >= 15 is 0 Å². The number of hydrogen-bond donors (Lipinski definition) is 1. The zero-order valence-electron chi connectivity index (χ0n) is 9.36. The van der Waals surface area contributed by atoms with Crippen LogP contribution >= 0.6 is 0 Å². The lowest BCUT2D eigenvalue weighted by molar-refractivity contribution is 0.0215. The van der Waals surface area contributed by atoms with Crippen molar-refractivity contribution in [1.29, 1.82) is 0 Å². The summed E-state index contributed by atoms with van der Waals surface area (Å²) in [5.41, 5.74) is 0. The highest BCUT2D eigenvalue weighted by Gasteiger charge is 2.36. The minimum absolute atomic E-state index is 0.302. The van der Waals surface area contributed by atoms with E-state index in [0.717, 1.165) is 18.5 Å². The number of nitrogens with one attached hydrogen (secondary N) is 1. The minimum atomic E-state index is 0.302. The summed E-state index contributed by atoms with van der Waals surface area (Å²) in [5, 5.41) is 3.46. The van der Waals surface area contributed by atoms with Crippen LogP contribution < -0.4 is 5.32 Å². The highest BCUT2D eigenvalue weighted by Crippen LogP contribution is 2.36. The number of aliphatic imine (C=N–C) groups is 1. The van der Waals surface area contributed by atoms with E-state index in [-0.39, 0.29) is 0 Å². The average molecular weight is 207 g/mol. The molecule has 0 radical (unpaired) electrons. The van der Waals surface area contributed by atoms with E-state index in [1.54, 1.807) is 0 Å². The van der Waals surface area contributed by atoms with E-state index in [1.165, 1.54) is 45.1 Å². The molecule has 1 N–H and O–H groups in total. The maximum absolute atomic E-state index is 4.54. The van der Waals surface area contributed by atoms with Crippen LogP contribution in [-0.2, 0) is 0 Å². The lowest BCUT2D eigenvalue weighted by Crippen LogP contribution is -2.54. The molecule has 1 aliphatic carbocycles. The van der Waals surface area contributed by atoms with Crippen LogP contribution in [0.1, 0.15) is 38.5 Å². The molecular formula is C12H21N3. The quantitative estimate of drug-likeness (QED) is 0.707. The largest absolute Gasteiger partial charge is 0.278 e. The van der Waals surface area contributed by atoms with Crippen molar-refractivity contribution < 1.29 is 0 Å². The summed E-state index contributed by atoms with van der Waals surface area (Å²) in [6.45, 7) is 2.20. The molecule has 0 aromatic carbocycles. The van der Waals surface area contributed by atoms with Crippen LogP contribution in [0, 0.1) is 5.92 Å². The van der Waals surface area contributed by atoms with Gasteiger partial charge in [0.25, 0.3) is 0 Å². The highest BCUT2D eigenvalue weighted by molar-refractivity contribution is 5.61. The van der Waals surface area contributed by atoms with E-state index in [1.807, 2.05) is 6.21 Å². The van der Waals surface area contributed by atoms with Crippen molar-refractivity contribution in [3.63, 3.8) is 0 Å². The van der Waals surface area contributed by atoms with Crippen LogP contribution in [0.15, 0.2) is 4.99 Å². The summed E-state index contributed by atoms with van der Waals surface area (Å²) in [5.74, 6) is 0.963. The van der Waals surface area contributed by atoms with Gasteiger partial charge in [0.2, 0.25) is 0 Å². The van der Waals surface area contributed by atoms with Crippen LogP contribution in [0.25, 0.3) is 0 Å². The maximum Gasteiger partial charge on any atom is 0.156 e. The number of rotatable bonds is 1. The van der Waals surface area contributed by atoms with Gasteiger partial charge in [-0.25, -0.2) is 0 Å². The van der Waals surface area contributed by atoms with Crippen molar-refractivity contribution in [2.24, 2.45) is 10.9 Å². The summed E-state index contributed by atoms with van der Waals surface area (Å²) in [4.78, 5) is 7.16. The first-order chi connectivity index (χ1) is 7.45. The molecule has 0 aromatic heterocycles. The predicted octanol–water partition coefficient (Wildman–Crippen LogP) is 1.60. The molecule has 15 heavy (non-hydrogen) atoms. The van der Waals surface area contributed by atoms with E-state index in [2.05, 4.69) is 15.2 Å². The molecule has 3 atom stereocenters. The normalized spacial score (nSPS) is 41.7. The lowest BCUT2D eigenvalue weighted by atomic mass is 9.78. The fraction of sp³-hybridized carbons (Fsp3) is 0.917. The first kappa shape index (κ1) is 9.79. The minimum Gasteiger partial charge on any atom is -0.278 e. The smallest absolute Gasteiger partial charge is 0.156 e. The molecule has 0 spiro atoms. The van der Waals surface area contributed by atoms with E-state index < -0.39 is 0 Å². The Balaban J connectivity index is 1.72. The van der Waals surface area contributed by atoms with Gasteiger partial charge in [-0.2, -0.15) is 0 Å². The van der Waals surface area contributed by atoms with Crippen LogP contribution in [0.5, 0.6) is 0 Å². The van der Waals surface area contributed by atoms with E-state index in [0.29, 0.717) is 6.29 Å². The summed E-state index contributed by atoms with van der Waals surface area (Å²) in [6, 6.07) is 0.820. The van der Waals surface area contributed by atoms with Crippen molar-refractivity contribution in [2.75, 3.05) is 13.1 Å². The third kappa shape index (κ3) is 1.83. The number of fused-ring (bicyclic) bond motifs is 1. The SMILES string of the molecule is C1=NC(N2CCCC3CCCCC32)NC1. The van der Waals surface area contributed by atoms with E-state index in [4.69, 9.17) is 0 Å². The second kappa shape index (κ2) is 4.22. The van der Waals surface area contributed by atoms with Gasteiger partial charge in [-0.05, 0) is 31.6 Å². The Morgan fingerprint density at radius 3 is 2.87 bits per heavy atom. The zero-order chi connectivity index (χ0) is 10.1. The third-order valence-electron chi connectivity index (χ3n) is 4.24. The fourth-order valence-electron chi connectivity index (χ4n) is 3.53. The van der Waals surface area contributed by atoms with Crippen molar-refractivity contribution in [3.05, 3.63) is 0 Å². The summed E-state index contributed by atoms with van der Waals surface area (Å²) in [7, 11) is 0. The van der Waals surface area contributed by atoms with Crippen molar-refractivity contribution in [2.45, 2.75) is 50.9 Å². The molecule has 0 aromatic rings. The van der Waals surface area contributed by atoms with Gasteiger partial charge in [-0.15, -0.1) is 0 Å². The monoisotopic (exact) mass is 207 g/mol. The van der Waals surface area contributed by atoms with Crippen LogP contribution in [-0.4, -0.2) is 36.5 Å². The van der Waals surface area contributed by atoms with Crippen molar-refractivity contribution >= 4 is 6.21 Å². The fourth-order valence-corrected chi connectivity index (χ4v) is 3.53. The zero-order valence-corrected chi connectivity index (χ0v) is 9.36. The molecule has 3 heteroatoms. The van der Waals surface area contributed by atoms with Crippen molar-refractivity contribution in [1.82, 2.24) is 10.2 Å². The molecule has 2 fully saturated rings. The Kier molecular flexibility index (Phi) is 2.76. The van der Waals surface area contributed by atoms with Gasteiger partial charge >= 0.3 is 0 Å². The van der Waals surface area contributed by atoms with Crippen LogP contribution in [0.4, 0.5) is 0 Å². The first-order valence-corrected chi connectivity index (χ1v) is 6.46. The average Bonchev–Trinajstić information content (AvgIpc) is 2.82. The van der Waals surface area contributed by atoms with Gasteiger partial charge in [0.05, 0.1) is 0 Å². The lowest BCUT2D eigenvalue weighted by Gasteiger charge is -2.45. The van der Waals surface area contributed by atoms with Crippen LogP contribution in [0.2, 0.25) is 0 Å². The first-order valence-electron chi connectivity index (χ1n) is 6.46. The van der Waals surface area contributed by atoms with Crippen LogP contribution in [0.3, 0.4) is 0 Å². The second-order valence-electron chi connectivity index (χ2n) is 5.11. The van der Waals surface area contributed by atoms with Gasteiger partial charge in [0, 0.05) is 25.3 Å². The molecule has 0 amide bonds. The van der Waals surface area contributed by atoms with Gasteiger partial charge in [0.1, 0.15) is 0 Å². The molecular weight excluding hydrogens is 186 g/mol. The standard InChI is InChI=1S/C12H21N3/c1-2-6-11-10(4-1)5-3-9-15(11)12-13-7-8-14-12/h7,10-12,14H,1-6,8-9H2. The second-order valence-corrected chi connectivity index (χ2v) is 5.11. The number of likely N-dealkylation sites (tertiary alicyclic amines) is 1. The molecule has 0 bridgehead atoms.